The van der Waals surface area contributed by atoms with Crippen molar-refractivity contribution < 1.29 is 26.3 Å². The predicted octanol–water partition coefficient (Wildman–Crippen LogP) is 3.83. The lowest BCUT2D eigenvalue weighted by Gasteiger charge is -2.34. The molecule has 0 aliphatic carbocycles. The number of nitrogens with zero attached hydrogens (tertiary/aromatic N) is 4. The summed E-state index contributed by atoms with van der Waals surface area (Å²) in [6, 6.07) is 18.9. The van der Waals surface area contributed by atoms with Gasteiger partial charge in [-0.1, -0.05) is 18.2 Å². The number of hydrogen-bond acceptors (Lipinski definition) is 11. The molecule has 3 unspecified atom stereocenters. The molecule has 0 bridgehead atoms. The highest BCUT2D eigenvalue weighted by Gasteiger charge is 2.38. The Morgan fingerprint density at radius 3 is 2.46 bits per heavy atom. The number of hydrogen-bond donors (Lipinski definition) is 2. The third-order valence-corrected chi connectivity index (χ3v) is 11.8. The molecule has 7 rings (SSSR count). The molecule has 0 spiro atoms. The van der Waals surface area contributed by atoms with E-state index in [1.807, 2.05) is 61.5 Å². The summed E-state index contributed by atoms with van der Waals surface area (Å²) in [5.74, 6) is 2.12. The fraction of sp³-hybridized carbons (Fsp3) is 0.312. The van der Waals surface area contributed by atoms with Crippen molar-refractivity contribution in [2.75, 3.05) is 47.3 Å². The Balaban J connectivity index is 0.000000168. The van der Waals surface area contributed by atoms with Crippen molar-refractivity contribution >= 4 is 42.6 Å². The van der Waals surface area contributed by atoms with E-state index in [4.69, 9.17) is 14.5 Å². The van der Waals surface area contributed by atoms with Crippen molar-refractivity contribution in [1.29, 1.82) is 0 Å². The Labute approximate surface area is 269 Å². The first kappa shape index (κ1) is 31.4. The second-order valence-electron chi connectivity index (χ2n) is 11.5. The van der Waals surface area contributed by atoms with Gasteiger partial charge in [0.2, 0.25) is 16.8 Å². The SMILES string of the molecule is CC1C=CC=C2N=C(c3ccccn3)C(Nc3ccc4c(c3)OCO4)N21.CN(C)c1ccc(NS(=O)(=O)C2CCS(=O)(=O)C2)cc1. The van der Waals surface area contributed by atoms with Crippen molar-refractivity contribution in [3.05, 3.63) is 96.6 Å². The van der Waals surface area contributed by atoms with Crippen molar-refractivity contribution in [3.63, 3.8) is 0 Å². The van der Waals surface area contributed by atoms with Crippen molar-refractivity contribution in [2.24, 2.45) is 4.99 Å². The molecule has 12 nitrogen and oxygen atoms in total. The minimum Gasteiger partial charge on any atom is -0.454 e. The Kier molecular flexibility index (Phi) is 8.66. The van der Waals surface area contributed by atoms with E-state index in [0.29, 0.717) is 5.69 Å². The molecule has 0 saturated carbocycles. The number of allylic oxidation sites excluding steroid dienone is 2. The summed E-state index contributed by atoms with van der Waals surface area (Å²) in [6.45, 7) is 2.43. The molecule has 242 valence electrons. The number of fused-ring (bicyclic) bond motifs is 2. The Bertz CT molecular complexity index is 1890. The van der Waals surface area contributed by atoms with Gasteiger partial charge >= 0.3 is 0 Å². The number of pyridine rings is 1. The van der Waals surface area contributed by atoms with Gasteiger partial charge in [0.15, 0.2) is 21.3 Å². The molecule has 14 heteroatoms. The molecule has 2 N–H and O–H groups in total. The molecular weight excluding hydrogens is 629 g/mol. The van der Waals surface area contributed by atoms with E-state index >= 15 is 0 Å². The zero-order chi connectivity index (χ0) is 32.5. The number of aliphatic imine (C=N–C) groups is 1. The molecule has 4 aliphatic rings. The molecule has 0 amide bonds. The number of anilines is 3. The Hall–Kier alpha value is -4.56. The highest BCUT2D eigenvalue weighted by Crippen LogP contribution is 2.36. The van der Waals surface area contributed by atoms with Crippen LogP contribution in [-0.2, 0) is 19.9 Å². The van der Waals surface area contributed by atoms with Crippen molar-refractivity contribution in [1.82, 2.24) is 9.88 Å². The molecule has 5 heterocycles. The largest absolute Gasteiger partial charge is 0.454 e. The van der Waals surface area contributed by atoms with Crippen LogP contribution in [0.1, 0.15) is 19.0 Å². The molecule has 2 aromatic carbocycles. The van der Waals surface area contributed by atoms with Crippen LogP contribution in [0.3, 0.4) is 0 Å². The zero-order valence-corrected chi connectivity index (χ0v) is 27.3. The Morgan fingerprint density at radius 2 is 1.76 bits per heavy atom. The summed E-state index contributed by atoms with van der Waals surface area (Å²) in [4.78, 5) is 13.5. The van der Waals surface area contributed by atoms with Crippen LogP contribution in [0.15, 0.2) is 95.9 Å². The van der Waals surface area contributed by atoms with Gasteiger partial charge in [0, 0.05) is 49.5 Å². The van der Waals surface area contributed by atoms with Gasteiger partial charge in [0.05, 0.1) is 22.4 Å². The molecular formula is C32H36N6O6S2. The van der Waals surface area contributed by atoms with E-state index in [9.17, 15) is 16.8 Å². The van der Waals surface area contributed by atoms with Crippen LogP contribution in [0.2, 0.25) is 0 Å². The monoisotopic (exact) mass is 664 g/mol. The van der Waals surface area contributed by atoms with Crippen LogP contribution < -0.4 is 24.4 Å². The standard InChI is InChI=1S/C20H18N4O2.C12H18N2O4S2/c1-13-5-4-7-18-23-19(15-6-2-3-10-21-15)20(24(13)18)22-14-8-9-16-17(11-14)26-12-25-16;1-14(2)11-5-3-10(4-6-11)13-20(17,18)12-7-8-19(15,16)9-12/h2-11,13,20,22H,12H2,1H3;3-6,12-13H,7-9H2,1-2H3. The number of sulfone groups is 1. The Morgan fingerprint density at radius 1 is 1.00 bits per heavy atom. The topological polar surface area (TPSA) is 143 Å². The average molecular weight is 665 g/mol. The summed E-state index contributed by atoms with van der Waals surface area (Å²) >= 11 is 0. The second kappa shape index (κ2) is 12.7. The summed E-state index contributed by atoms with van der Waals surface area (Å²) < 4.78 is 60.3. The lowest BCUT2D eigenvalue weighted by molar-refractivity contribution is 0.174. The maximum absolute atomic E-state index is 12.1. The van der Waals surface area contributed by atoms with Gasteiger partial charge in [-0.2, -0.15) is 0 Å². The molecule has 3 atom stereocenters. The maximum atomic E-state index is 12.1. The molecule has 1 aromatic heterocycles. The number of sulfonamides is 1. The van der Waals surface area contributed by atoms with Gasteiger partial charge in [-0.15, -0.1) is 0 Å². The fourth-order valence-electron chi connectivity index (χ4n) is 5.54. The number of benzene rings is 2. The highest BCUT2D eigenvalue weighted by atomic mass is 32.2. The number of ether oxygens (including phenoxy) is 2. The molecule has 4 aliphatic heterocycles. The number of rotatable bonds is 7. The highest BCUT2D eigenvalue weighted by molar-refractivity contribution is 7.97. The molecule has 1 fully saturated rings. The zero-order valence-electron chi connectivity index (χ0n) is 25.7. The van der Waals surface area contributed by atoms with Crippen LogP contribution in [0.4, 0.5) is 17.1 Å². The molecule has 1 saturated heterocycles. The van der Waals surface area contributed by atoms with Gasteiger partial charge in [-0.3, -0.25) is 9.71 Å². The van der Waals surface area contributed by atoms with E-state index in [1.165, 1.54) is 0 Å². The van der Waals surface area contributed by atoms with Crippen LogP contribution in [0.25, 0.3) is 0 Å². The van der Waals surface area contributed by atoms with Crippen LogP contribution in [-0.4, -0.2) is 82.3 Å². The quantitative estimate of drug-likeness (QED) is 0.383. The average Bonchev–Trinajstić information content (AvgIpc) is 3.75. The molecule has 46 heavy (non-hydrogen) atoms. The first-order chi connectivity index (χ1) is 22.0. The van der Waals surface area contributed by atoms with Crippen LogP contribution in [0, 0.1) is 0 Å². The van der Waals surface area contributed by atoms with E-state index in [2.05, 4.69) is 39.0 Å². The van der Waals surface area contributed by atoms with Crippen LogP contribution in [0.5, 0.6) is 11.5 Å². The van der Waals surface area contributed by atoms with E-state index in [-0.39, 0.29) is 36.9 Å². The summed E-state index contributed by atoms with van der Waals surface area (Å²) in [7, 11) is -3.09. The van der Waals surface area contributed by atoms with Gasteiger partial charge < -0.3 is 24.6 Å². The minimum absolute atomic E-state index is 0.0574. The lowest BCUT2D eigenvalue weighted by atomic mass is 10.1. The maximum Gasteiger partial charge on any atom is 0.236 e. The van der Waals surface area contributed by atoms with E-state index in [1.54, 1.807) is 30.5 Å². The van der Waals surface area contributed by atoms with Crippen LogP contribution >= 0.6 is 0 Å². The number of aromatic nitrogens is 1. The summed E-state index contributed by atoms with van der Waals surface area (Å²) in [5, 5.41) is 2.73. The normalized spacial score (nSPS) is 22.2. The third kappa shape index (κ3) is 6.82. The minimum atomic E-state index is -3.66. The van der Waals surface area contributed by atoms with Gasteiger partial charge in [0.1, 0.15) is 17.7 Å². The number of nitrogens with one attached hydrogen (secondary N) is 2. The second-order valence-corrected chi connectivity index (χ2v) is 15.7. The van der Waals surface area contributed by atoms with Crippen molar-refractivity contribution in [2.45, 2.75) is 30.8 Å². The third-order valence-electron chi connectivity index (χ3n) is 7.99. The lowest BCUT2D eigenvalue weighted by Crippen LogP contribution is -2.46. The van der Waals surface area contributed by atoms with E-state index < -0.39 is 25.1 Å². The first-order valence-corrected chi connectivity index (χ1v) is 18.2. The predicted molar refractivity (Wildman–Crippen MR) is 180 cm³/mol. The molecule has 0 radical (unpaired) electrons. The van der Waals surface area contributed by atoms with Crippen molar-refractivity contribution in [3.8, 4) is 11.5 Å². The van der Waals surface area contributed by atoms with Gasteiger partial charge in [-0.25, -0.2) is 21.8 Å². The molecule has 3 aromatic rings. The summed E-state index contributed by atoms with van der Waals surface area (Å²) in [6.07, 6.45) is 8.09. The van der Waals surface area contributed by atoms with E-state index in [0.717, 1.165) is 40.1 Å². The van der Waals surface area contributed by atoms with Gasteiger partial charge in [-0.05, 0) is 68.0 Å². The van der Waals surface area contributed by atoms with Gasteiger partial charge in [0.25, 0.3) is 0 Å². The fourth-order valence-corrected chi connectivity index (χ4v) is 9.63. The summed E-state index contributed by atoms with van der Waals surface area (Å²) in [5.41, 5.74) is 4.13. The first-order valence-electron chi connectivity index (χ1n) is 14.8. The smallest absolute Gasteiger partial charge is 0.236 e.